The van der Waals surface area contributed by atoms with Gasteiger partial charge in [-0.25, -0.2) is 0 Å². The fourth-order valence-corrected chi connectivity index (χ4v) is 1.82. The van der Waals surface area contributed by atoms with E-state index in [0.29, 0.717) is 19.1 Å². The molecule has 5 heteroatoms. The molecule has 5 nitrogen and oxygen atoms in total. The van der Waals surface area contributed by atoms with Crippen molar-refractivity contribution in [2.45, 2.75) is 19.4 Å². The fourth-order valence-electron chi connectivity index (χ4n) is 1.82. The lowest BCUT2D eigenvalue weighted by atomic mass is 9.98. The first kappa shape index (κ1) is 13.4. The molecule has 3 N–H and O–H groups in total. The summed E-state index contributed by atoms with van der Waals surface area (Å²) >= 11 is 0. The second-order valence-corrected chi connectivity index (χ2v) is 4.37. The number of rotatable bonds is 7. The Labute approximate surface area is 97.3 Å². The van der Waals surface area contributed by atoms with Gasteiger partial charge in [0.15, 0.2) is 0 Å². The number of hydrogen-bond donors (Lipinski definition) is 2. The van der Waals surface area contributed by atoms with Crippen molar-refractivity contribution in [3.8, 4) is 0 Å². The van der Waals surface area contributed by atoms with Gasteiger partial charge in [-0.1, -0.05) is 0 Å². The van der Waals surface area contributed by atoms with E-state index in [2.05, 4.69) is 10.2 Å². The quantitative estimate of drug-likeness (QED) is 0.573. The minimum Gasteiger partial charge on any atom is -0.385 e. The van der Waals surface area contributed by atoms with E-state index in [1.165, 1.54) is 0 Å². The Morgan fingerprint density at radius 3 is 2.88 bits per heavy atom. The van der Waals surface area contributed by atoms with Gasteiger partial charge in [0.05, 0.1) is 6.04 Å². The zero-order valence-electron chi connectivity index (χ0n) is 10.2. The molecule has 0 saturated carbocycles. The van der Waals surface area contributed by atoms with Gasteiger partial charge in [-0.05, 0) is 25.8 Å². The molecule has 0 radical (unpaired) electrons. The summed E-state index contributed by atoms with van der Waals surface area (Å²) in [6, 6.07) is -0.0367. The normalized spacial score (nSPS) is 19.2. The van der Waals surface area contributed by atoms with Gasteiger partial charge in [-0.3, -0.25) is 9.69 Å². The molecular weight excluding hydrogens is 206 g/mol. The number of ether oxygens (including phenoxy) is 1. The van der Waals surface area contributed by atoms with Gasteiger partial charge < -0.3 is 15.8 Å². The Morgan fingerprint density at radius 1 is 1.62 bits per heavy atom. The van der Waals surface area contributed by atoms with Crippen molar-refractivity contribution in [3.05, 3.63) is 0 Å². The standard InChI is InChI=1S/C11H23N3O2/c1-9(14-7-10(6-12)8-14)11(15)13-4-3-5-16-2/h9-10H,3-8,12H2,1-2H3,(H,13,15). The third-order valence-corrected chi connectivity index (χ3v) is 3.07. The van der Waals surface area contributed by atoms with Crippen LogP contribution in [0.1, 0.15) is 13.3 Å². The first-order chi connectivity index (χ1) is 7.69. The van der Waals surface area contributed by atoms with Crippen LogP contribution in [0, 0.1) is 5.92 Å². The predicted octanol–water partition coefficient (Wildman–Crippen LogP) is -0.582. The minimum absolute atomic E-state index is 0.0367. The van der Waals surface area contributed by atoms with E-state index in [9.17, 15) is 4.79 Å². The molecule has 94 valence electrons. The highest BCUT2D eigenvalue weighted by atomic mass is 16.5. The van der Waals surface area contributed by atoms with Crippen molar-refractivity contribution in [1.82, 2.24) is 10.2 Å². The Balaban J connectivity index is 2.12. The molecule has 1 fully saturated rings. The summed E-state index contributed by atoms with van der Waals surface area (Å²) in [6.07, 6.45) is 0.861. The lowest BCUT2D eigenvalue weighted by molar-refractivity contribution is -0.128. The van der Waals surface area contributed by atoms with E-state index in [4.69, 9.17) is 10.5 Å². The second kappa shape index (κ2) is 6.83. The van der Waals surface area contributed by atoms with Crippen LogP contribution >= 0.6 is 0 Å². The zero-order chi connectivity index (χ0) is 12.0. The van der Waals surface area contributed by atoms with Crippen LogP contribution in [0.5, 0.6) is 0 Å². The van der Waals surface area contributed by atoms with Gasteiger partial charge in [-0.2, -0.15) is 0 Å². The van der Waals surface area contributed by atoms with Crippen molar-refractivity contribution in [2.75, 3.05) is 39.9 Å². The Hall–Kier alpha value is -0.650. The van der Waals surface area contributed by atoms with Gasteiger partial charge in [0.1, 0.15) is 0 Å². The molecule has 0 aromatic carbocycles. The maximum Gasteiger partial charge on any atom is 0.237 e. The molecular formula is C11H23N3O2. The summed E-state index contributed by atoms with van der Waals surface area (Å²) in [6.45, 7) is 5.93. The van der Waals surface area contributed by atoms with E-state index in [1.54, 1.807) is 7.11 Å². The SMILES string of the molecule is COCCCNC(=O)C(C)N1CC(CN)C1. The highest BCUT2D eigenvalue weighted by molar-refractivity contribution is 5.81. The number of nitrogens with two attached hydrogens (primary N) is 1. The maximum absolute atomic E-state index is 11.7. The van der Waals surface area contributed by atoms with Crippen molar-refractivity contribution >= 4 is 5.91 Å². The monoisotopic (exact) mass is 229 g/mol. The molecule has 1 aliphatic rings. The molecule has 0 aromatic rings. The van der Waals surface area contributed by atoms with Crippen molar-refractivity contribution in [3.63, 3.8) is 0 Å². The van der Waals surface area contributed by atoms with E-state index >= 15 is 0 Å². The summed E-state index contributed by atoms with van der Waals surface area (Å²) in [5, 5.41) is 2.91. The summed E-state index contributed by atoms with van der Waals surface area (Å²) in [5.74, 6) is 0.676. The molecule has 1 aliphatic heterocycles. The van der Waals surface area contributed by atoms with Gasteiger partial charge in [0.25, 0.3) is 0 Å². The number of likely N-dealkylation sites (tertiary alicyclic amines) is 1. The van der Waals surface area contributed by atoms with Crippen molar-refractivity contribution in [2.24, 2.45) is 11.7 Å². The largest absolute Gasteiger partial charge is 0.385 e. The number of nitrogens with zero attached hydrogens (tertiary/aromatic N) is 1. The molecule has 16 heavy (non-hydrogen) atoms. The summed E-state index contributed by atoms with van der Waals surface area (Å²) < 4.78 is 4.92. The van der Waals surface area contributed by atoms with Crippen LogP contribution < -0.4 is 11.1 Å². The average Bonchev–Trinajstić information content (AvgIpc) is 2.22. The van der Waals surface area contributed by atoms with Crippen LogP contribution in [0.15, 0.2) is 0 Å². The molecule has 1 atom stereocenters. The molecule has 0 bridgehead atoms. The van der Waals surface area contributed by atoms with E-state index in [1.807, 2.05) is 6.92 Å². The number of methoxy groups -OCH3 is 1. The third-order valence-electron chi connectivity index (χ3n) is 3.07. The summed E-state index contributed by atoms with van der Waals surface area (Å²) in [7, 11) is 1.66. The molecule has 1 saturated heterocycles. The fraction of sp³-hybridized carbons (Fsp3) is 0.909. The Bertz CT molecular complexity index is 217. The topological polar surface area (TPSA) is 67.6 Å². The lowest BCUT2D eigenvalue weighted by Gasteiger charge is -2.41. The predicted molar refractivity (Wildman–Crippen MR) is 63.1 cm³/mol. The van der Waals surface area contributed by atoms with Gasteiger partial charge >= 0.3 is 0 Å². The Morgan fingerprint density at radius 2 is 2.31 bits per heavy atom. The van der Waals surface area contributed by atoms with Crippen LogP contribution in [0.2, 0.25) is 0 Å². The van der Waals surface area contributed by atoms with E-state index in [0.717, 1.165) is 26.1 Å². The summed E-state index contributed by atoms with van der Waals surface area (Å²) in [5.41, 5.74) is 5.54. The molecule has 1 amide bonds. The molecule has 0 aliphatic carbocycles. The Kier molecular flexibility index (Phi) is 5.73. The van der Waals surface area contributed by atoms with E-state index < -0.39 is 0 Å². The number of amides is 1. The van der Waals surface area contributed by atoms with Crippen LogP contribution in [-0.2, 0) is 9.53 Å². The van der Waals surface area contributed by atoms with Crippen LogP contribution in [0.3, 0.4) is 0 Å². The number of hydrogen-bond acceptors (Lipinski definition) is 4. The first-order valence-electron chi connectivity index (χ1n) is 5.89. The molecule has 1 rings (SSSR count). The summed E-state index contributed by atoms with van der Waals surface area (Å²) in [4.78, 5) is 13.9. The van der Waals surface area contributed by atoms with Gasteiger partial charge in [-0.15, -0.1) is 0 Å². The lowest BCUT2D eigenvalue weighted by Crippen LogP contribution is -2.57. The van der Waals surface area contributed by atoms with Gasteiger partial charge in [0, 0.05) is 33.4 Å². The highest BCUT2D eigenvalue weighted by Gasteiger charge is 2.32. The first-order valence-corrected chi connectivity index (χ1v) is 5.89. The number of nitrogens with one attached hydrogen (secondary N) is 1. The molecule has 1 unspecified atom stereocenters. The molecule has 1 heterocycles. The van der Waals surface area contributed by atoms with Crippen LogP contribution in [-0.4, -0.2) is 56.7 Å². The number of carbonyl (C=O) groups is 1. The van der Waals surface area contributed by atoms with Crippen LogP contribution in [0.25, 0.3) is 0 Å². The third kappa shape index (κ3) is 3.73. The maximum atomic E-state index is 11.7. The highest BCUT2D eigenvalue weighted by Crippen LogP contribution is 2.17. The second-order valence-electron chi connectivity index (χ2n) is 4.37. The zero-order valence-corrected chi connectivity index (χ0v) is 10.2. The van der Waals surface area contributed by atoms with Crippen molar-refractivity contribution < 1.29 is 9.53 Å². The number of carbonyl (C=O) groups excluding carboxylic acids is 1. The van der Waals surface area contributed by atoms with Crippen LogP contribution in [0.4, 0.5) is 0 Å². The smallest absolute Gasteiger partial charge is 0.237 e. The van der Waals surface area contributed by atoms with Gasteiger partial charge in [0.2, 0.25) is 5.91 Å². The van der Waals surface area contributed by atoms with E-state index in [-0.39, 0.29) is 11.9 Å². The molecule has 0 spiro atoms. The molecule has 0 aromatic heterocycles. The minimum atomic E-state index is -0.0367. The average molecular weight is 229 g/mol. The van der Waals surface area contributed by atoms with Crippen molar-refractivity contribution in [1.29, 1.82) is 0 Å².